The highest BCUT2D eigenvalue weighted by atomic mass is 15.2. The molecule has 3 aromatic rings. The third kappa shape index (κ3) is 5.67. The zero-order valence-corrected chi connectivity index (χ0v) is 16.8. The third-order valence-electron chi connectivity index (χ3n) is 4.33. The maximum absolute atomic E-state index is 4.68. The summed E-state index contributed by atoms with van der Waals surface area (Å²) in [6.45, 7) is 8.60. The smallest absolute Gasteiger partial charge is 0.191 e. The van der Waals surface area contributed by atoms with Crippen molar-refractivity contribution >= 4 is 5.96 Å². The van der Waals surface area contributed by atoms with Crippen LogP contribution in [-0.2, 0) is 13.0 Å². The van der Waals surface area contributed by atoms with Crippen molar-refractivity contribution in [3.8, 4) is 5.82 Å². The standard InChI is InChI=1S/C22H28N6/c1-4-24-22(25-8-7-19-12-17(2)11-18(3)13-19)27-15-20-5-6-21(26-14-20)28-10-9-23-16-28/h5-6,9-14,16H,4,7-8,15H2,1-3H3,(H2,24,25,27). The van der Waals surface area contributed by atoms with Gasteiger partial charge in [0.25, 0.3) is 0 Å². The van der Waals surface area contributed by atoms with E-state index in [0.29, 0.717) is 6.54 Å². The van der Waals surface area contributed by atoms with E-state index in [1.165, 1.54) is 16.7 Å². The van der Waals surface area contributed by atoms with Gasteiger partial charge in [0, 0.05) is 31.7 Å². The van der Waals surface area contributed by atoms with Gasteiger partial charge in [-0.3, -0.25) is 4.57 Å². The highest BCUT2D eigenvalue weighted by Crippen LogP contribution is 2.09. The highest BCUT2D eigenvalue weighted by molar-refractivity contribution is 5.79. The van der Waals surface area contributed by atoms with Crippen LogP contribution < -0.4 is 10.6 Å². The lowest BCUT2D eigenvalue weighted by molar-refractivity contribution is 0.798. The van der Waals surface area contributed by atoms with Gasteiger partial charge in [0.05, 0.1) is 6.54 Å². The number of aryl methyl sites for hydroxylation is 2. The molecule has 2 N–H and O–H groups in total. The van der Waals surface area contributed by atoms with Gasteiger partial charge >= 0.3 is 0 Å². The lowest BCUT2D eigenvalue weighted by atomic mass is 10.1. The van der Waals surface area contributed by atoms with E-state index in [1.54, 1.807) is 12.5 Å². The molecule has 0 bridgehead atoms. The Morgan fingerprint density at radius 1 is 1.07 bits per heavy atom. The molecule has 6 nitrogen and oxygen atoms in total. The van der Waals surface area contributed by atoms with Crippen molar-refractivity contribution in [3.63, 3.8) is 0 Å². The normalized spacial score (nSPS) is 11.5. The molecule has 3 rings (SSSR count). The first-order chi connectivity index (χ1) is 13.6. The molecule has 0 atom stereocenters. The molecule has 6 heteroatoms. The van der Waals surface area contributed by atoms with Crippen LogP contribution in [0.3, 0.4) is 0 Å². The van der Waals surface area contributed by atoms with E-state index in [0.717, 1.165) is 36.9 Å². The van der Waals surface area contributed by atoms with Crippen molar-refractivity contribution in [2.45, 2.75) is 33.7 Å². The van der Waals surface area contributed by atoms with Crippen LogP contribution in [0.1, 0.15) is 29.2 Å². The minimum absolute atomic E-state index is 0.579. The fraction of sp³-hybridized carbons (Fsp3) is 0.318. The first-order valence-electron chi connectivity index (χ1n) is 9.66. The number of hydrogen-bond donors (Lipinski definition) is 2. The van der Waals surface area contributed by atoms with Gasteiger partial charge in [-0.1, -0.05) is 35.4 Å². The maximum atomic E-state index is 4.68. The second kappa shape index (κ2) is 9.69. The SMILES string of the molecule is CCNC(=NCc1ccc(-n2ccnc2)nc1)NCCc1cc(C)cc(C)c1. The lowest BCUT2D eigenvalue weighted by Crippen LogP contribution is -2.38. The Labute approximate surface area is 166 Å². The van der Waals surface area contributed by atoms with Crippen molar-refractivity contribution in [2.24, 2.45) is 4.99 Å². The number of hydrogen-bond acceptors (Lipinski definition) is 3. The van der Waals surface area contributed by atoms with E-state index in [-0.39, 0.29) is 0 Å². The number of guanidine groups is 1. The summed E-state index contributed by atoms with van der Waals surface area (Å²) in [5, 5.41) is 6.72. The zero-order chi connectivity index (χ0) is 19.8. The average molecular weight is 377 g/mol. The molecule has 2 heterocycles. The summed E-state index contributed by atoms with van der Waals surface area (Å²) in [7, 11) is 0. The highest BCUT2D eigenvalue weighted by Gasteiger charge is 2.01. The number of rotatable bonds is 7. The van der Waals surface area contributed by atoms with E-state index >= 15 is 0 Å². The summed E-state index contributed by atoms with van der Waals surface area (Å²) in [6, 6.07) is 10.7. The molecule has 0 aliphatic heterocycles. The first kappa shape index (κ1) is 19.6. The number of aliphatic imine (C=N–C) groups is 1. The van der Waals surface area contributed by atoms with Crippen LogP contribution >= 0.6 is 0 Å². The largest absolute Gasteiger partial charge is 0.357 e. The van der Waals surface area contributed by atoms with Crippen molar-refractivity contribution in [3.05, 3.63) is 77.5 Å². The Bertz CT molecular complexity index is 877. The van der Waals surface area contributed by atoms with Gasteiger partial charge in [-0.15, -0.1) is 0 Å². The van der Waals surface area contributed by atoms with Crippen LogP contribution in [0.25, 0.3) is 5.82 Å². The maximum Gasteiger partial charge on any atom is 0.191 e. The molecule has 28 heavy (non-hydrogen) atoms. The summed E-state index contributed by atoms with van der Waals surface area (Å²) in [6.07, 6.45) is 8.19. The van der Waals surface area contributed by atoms with E-state index in [1.807, 2.05) is 29.1 Å². The molecule has 0 radical (unpaired) electrons. The summed E-state index contributed by atoms with van der Waals surface area (Å²) in [5.74, 6) is 1.68. The predicted octanol–water partition coefficient (Wildman–Crippen LogP) is 3.18. The molecular weight excluding hydrogens is 348 g/mol. The summed E-state index contributed by atoms with van der Waals surface area (Å²) in [4.78, 5) is 13.2. The van der Waals surface area contributed by atoms with Crippen molar-refractivity contribution < 1.29 is 0 Å². The number of pyridine rings is 1. The molecule has 1 aromatic carbocycles. The first-order valence-corrected chi connectivity index (χ1v) is 9.66. The van der Waals surface area contributed by atoms with E-state index in [9.17, 15) is 0 Å². The van der Waals surface area contributed by atoms with Crippen molar-refractivity contribution in [1.29, 1.82) is 0 Å². The number of nitrogens with one attached hydrogen (secondary N) is 2. The Morgan fingerprint density at radius 2 is 1.89 bits per heavy atom. The molecule has 146 valence electrons. The molecule has 0 spiro atoms. The molecule has 0 aliphatic carbocycles. The van der Waals surface area contributed by atoms with Gasteiger partial charge in [-0.2, -0.15) is 0 Å². The Balaban J connectivity index is 1.56. The molecule has 0 aliphatic rings. The summed E-state index contributed by atoms with van der Waals surface area (Å²) in [5.41, 5.74) is 5.03. The molecule has 0 unspecified atom stereocenters. The molecule has 0 fully saturated rings. The monoisotopic (exact) mass is 376 g/mol. The minimum atomic E-state index is 0.579. The Hall–Kier alpha value is -3.15. The van der Waals surface area contributed by atoms with Crippen LogP contribution in [-0.4, -0.2) is 33.6 Å². The topological polar surface area (TPSA) is 67.1 Å². The zero-order valence-electron chi connectivity index (χ0n) is 16.8. The van der Waals surface area contributed by atoms with Gasteiger partial charge in [0.15, 0.2) is 5.96 Å². The second-order valence-electron chi connectivity index (χ2n) is 6.86. The van der Waals surface area contributed by atoms with Crippen LogP contribution in [0, 0.1) is 13.8 Å². The Morgan fingerprint density at radius 3 is 2.54 bits per heavy atom. The fourth-order valence-electron chi connectivity index (χ4n) is 3.11. The second-order valence-corrected chi connectivity index (χ2v) is 6.86. The average Bonchev–Trinajstić information content (AvgIpc) is 3.20. The molecule has 0 amide bonds. The number of imidazole rings is 1. The van der Waals surface area contributed by atoms with Crippen molar-refractivity contribution in [1.82, 2.24) is 25.2 Å². The van der Waals surface area contributed by atoms with Crippen LogP contribution in [0.4, 0.5) is 0 Å². The van der Waals surface area contributed by atoms with Gasteiger partial charge < -0.3 is 10.6 Å². The molecule has 0 saturated heterocycles. The molecule has 0 saturated carbocycles. The van der Waals surface area contributed by atoms with Gasteiger partial charge in [-0.25, -0.2) is 15.0 Å². The van der Waals surface area contributed by atoms with E-state index in [2.05, 4.69) is 64.6 Å². The van der Waals surface area contributed by atoms with Crippen LogP contribution in [0.5, 0.6) is 0 Å². The van der Waals surface area contributed by atoms with Crippen molar-refractivity contribution in [2.75, 3.05) is 13.1 Å². The number of aromatic nitrogens is 3. The predicted molar refractivity (Wildman–Crippen MR) is 114 cm³/mol. The summed E-state index contributed by atoms with van der Waals surface area (Å²) < 4.78 is 1.88. The van der Waals surface area contributed by atoms with Gasteiger partial charge in [0.1, 0.15) is 12.1 Å². The Kier molecular flexibility index (Phi) is 6.78. The third-order valence-corrected chi connectivity index (χ3v) is 4.33. The van der Waals surface area contributed by atoms with E-state index in [4.69, 9.17) is 0 Å². The number of benzene rings is 1. The fourth-order valence-corrected chi connectivity index (χ4v) is 3.11. The van der Waals surface area contributed by atoms with Crippen LogP contribution in [0.2, 0.25) is 0 Å². The molecular formula is C22H28N6. The lowest BCUT2D eigenvalue weighted by Gasteiger charge is -2.12. The minimum Gasteiger partial charge on any atom is -0.357 e. The quantitative estimate of drug-likeness (QED) is 0.491. The summed E-state index contributed by atoms with van der Waals surface area (Å²) >= 11 is 0. The van der Waals surface area contributed by atoms with E-state index < -0.39 is 0 Å². The van der Waals surface area contributed by atoms with Gasteiger partial charge in [0.2, 0.25) is 0 Å². The molecule has 2 aromatic heterocycles. The number of nitrogens with zero attached hydrogens (tertiary/aromatic N) is 4. The van der Waals surface area contributed by atoms with Crippen LogP contribution in [0.15, 0.2) is 60.2 Å². The van der Waals surface area contributed by atoms with Gasteiger partial charge in [-0.05, 0) is 44.4 Å².